The summed E-state index contributed by atoms with van der Waals surface area (Å²) >= 11 is 0. The van der Waals surface area contributed by atoms with Gasteiger partial charge in [0.15, 0.2) is 0 Å². The molecule has 128 valence electrons. The third-order valence-corrected chi connectivity index (χ3v) is 3.84. The molecule has 0 bridgehead atoms. The zero-order valence-corrected chi connectivity index (χ0v) is 14.4. The first-order valence-electron chi connectivity index (χ1n) is 8.05. The summed E-state index contributed by atoms with van der Waals surface area (Å²) in [5.74, 6) is -0.0203. The maximum absolute atomic E-state index is 12.2. The van der Waals surface area contributed by atoms with Gasteiger partial charge in [-0.15, -0.1) is 0 Å². The highest BCUT2D eigenvalue weighted by Crippen LogP contribution is 2.39. The Kier molecular flexibility index (Phi) is 4.13. The predicted molar refractivity (Wildman–Crippen MR) is 92.6 cm³/mol. The molecule has 3 rings (SSSR count). The molecule has 0 aliphatic carbocycles. The van der Waals surface area contributed by atoms with Crippen LogP contribution in [0.5, 0.6) is 11.5 Å². The van der Waals surface area contributed by atoms with Gasteiger partial charge in [-0.05, 0) is 56.2 Å². The van der Waals surface area contributed by atoms with E-state index in [2.05, 4.69) is 6.07 Å². The number of carbonyl (C=O) groups excluding carboxylic acids is 1. The van der Waals surface area contributed by atoms with Crippen molar-refractivity contribution < 1.29 is 19.4 Å². The molecule has 0 saturated heterocycles. The van der Waals surface area contributed by atoms with Gasteiger partial charge in [0.2, 0.25) is 0 Å². The highest BCUT2D eigenvalue weighted by molar-refractivity contribution is 5.94. The van der Waals surface area contributed by atoms with Crippen molar-refractivity contribution in [2.45, 2.75) is 32.8 Å². The summed E-state index contributed by atoms with van der Waals surface area (Å²) in [7, 11) is 0. The number of ether oxygens (including phenoxy) is 2. The summed E-state index contributed by atoms with van der Waals surface area (Å²) in [4.78, 5) is 12.2. The van der Waals surface area contributed by atoms with Crippen molar-refractivity contribution in [3.63, 3.8) is 0 Å². The summed E-state index contributed by atoms with van der Waals surface area (Å²) in [5.41, 5.74) is 2.39. The fraction of sp³-hybridized carbons (Fsp3) is 0.300. The lowest BCUT2D eigenvalue weighted by molar-refractivity contribution is 0.00668. The topological polar surface area (TPSA) is 79.6 Å². The number of carbonyl (C=O) groups is 1. The number of aromatic hydroxyl groups is 1. The molecule has 2 aromatic carbocycles. The molecule has 0 saturated carbocycles. The molecule has 0 spiro atoms. The van der Waals surface area contributed by atoms with E-state index in [1.807, 2.05) is 6.07 Å². The Balaban J connectivity index is 2.01. The molecule has 1 heterocycles. The second-order valence-corrected chi connectivity index (χ2v) is 6.96. The third-order valence-electron chi connectivity index (χ3n) is 3.84. The molecule has 1 aliphatic rings. The Labute approximate surface area is 146 Å². The number of phenolic OH excluding ortho intramolecular Hbond substituents is 1. The van der Waals surface area contributed by atoms with Gasteiger partial charge in [-0.1, -0.05) is 6.07 Å². The maximum Gasteiger partial charge on any atom is 0.342 e. The van der Waals surface area contributed by atoms with E-state index < -0.39 is 11.6 Å². The van der Waals surface area contributed by atoms with Crippen LogP contribution in [0.2, 0.25) is 0 Å². The normalized spacial score (nSPS) is 12.9. The zero-order valence-electron chi connectivity index (χ0n) is 14.4. The first-order valence-corrected chi connectivity index (χ1v) is 8.05. The molecule has 0 fully saturated rings. The average molecular weight is 337 g/mol. The number of phenols is 1. The van der Waals surface area contributed by atoms with Crippen LogP contribution in [0.15, 0.2) is 30.3 Å². The van der Waals surface area contributed by atoms with E-state index in [4.69, 9.17) is 9.47 Å². The highest BCUT2D eigenvalue weighted by Gasteiger charge is 2.23. The van der Waals surface area contributed by atoms with Gasteiger partial charge in [0, 0.05) is 12.0 Å². The van der Waals surface area contributed by atoms with E-state index in [-0.39, 0.29) is 11.3 Å². The van der Waals surface area contributed by atoms with E-state index in [0.717, 1.165) is 23.3 Å². The summed E-state index contributed by atoms with van der Waals surface area (Å²) in [6, 6.07) is 10.4. The number of hydrogen-bond donors (Lipinski definition) is 1. The lowest BCUT2D eigenvalue weighted by Gasteiger charge is -2.20. The smallest absolute Gasteiger partial charge is 0.342 e. The monoisotopic (exact) mass is 337 g/mol. The molecule has 0 unspecified atom stereocenters. The molecule has 0 radical (unpaired) electrons. The van der Waals surface area contributed by atoms with Crippen molar-refractivity contribution in [3.8, 4) is 28.7 Å². The van der Waals surface area contributed by atoms with E-state index in [1.54, 1.807) is 32.9 Å². The Morgan fingerprint density at radius 1 is 1.28 bits per heavy atom. The van der Waals surface area contributed by atoms with Crippen LogP contribution in [0.25, 0.3) is 11.1 Å². The molecule has 1 aliphatic heterocycles. The lowest BCUT2D eigenvalue weighted by atomic mass is 9.97. The molecule has 0 aromatic heterocycles. The van der Waals surface area contributed by atoms with Gasteiger partial charge in [0.05, 0.1) is 18.2 Å². The number of fused-ring (bicyclic) bond motifs is 1. The second kappa shape index (κ2) is 6.14. The van der Waals surface area contributed by atoms with E-state index >= 15 is 0 Å². The molecule has 5 heteroatoms. The van der Waals surface area contributed by atoms with Crippen LogP contribution in [-0.2, 0) is 11.2 Å². The number of rotatable bonds is 2. The van der Waals surface area contributed by atoms with Crippen molar-refractivity contribution in [1.82, 2.24) is 0 Å². The van der Waals surface area contributed by atoms with Gasteiger partial charge in [0.25, 0.3) is 0 Å². The molecule has 0 amide bonds. The van der Waals surface area contributed by atoms with Crippen molar-refractivity contribution in [2.75, 3.05) is 6.61 Å². The number of hydrogen-bond acceptors (Lipinski definition) is 5. The fourth-order valence-electron chi connectivity index (χ4n) is 2.79. The first kappa shape index (κ1) is 16.8. The van der Waals surface area contributed by atoms with E-state index in [1.165, 1.54) is 12.1 Å². The minimum absolute atomic E-state index is 0.104. The van der Waals surface area contributed by atoms with Gasteiger partial charge in [-0.3, -0.25) is 0 Å². The van der Waals surface area contributed by atoms with Crippen LogP contribution in [0.4, 0.5) is 0 Å². The number of esters is 1. The predicted octanol–water partition coefficient (Wildman–Crippen LogP) is 3.82. The summed E-state index contributed by atoms with van der Waals surface area (Å²) in [6.07, 6.45) is 0.750. The number of benzene rings is 2. The maximum atomic E-state index is 12.2. The molecule has 1 N–H and O–H groups in total. The van der Waals surface area contributed by atoms with Crippen molar-refractivity contribution in [1.29, 1.82) is 5.26 Å². The van der Waals surface area contributed by atoms with Crippen LogP contribution in [-0.4, -0.2) is 23.3 Å². The van der Waals surface area contributed by atoms with Crippen LogP contribution in [0.3, 0.4) is 0 Å². The standard InChI is InChI=1S/C20H19NO4/c1-20(2,3)25-19(23)15-5-4-13(10-17(15)22)16-9-12(11-21)8-14-6-7-24-18(14)16/h4-5,8-10,22H,6-7H2,1-3H3. The van der Waals surface area contributed by atoms with Gasteiger partial charge in [-0.25, -0.2) is 4.79 Å². The van der Waals surface area contributed by atoms with Crippen LogP contribution in [0, 0.1) is 11.3 Å². The molecule has 25 heavy (non-hydrogen) atoms. The molecule has 2 aromatic rings. The minimum atomic E-state index is -0.641. The average Bonchev–Trinajstić information content (AvgIpc) is 3.00. The molecular formula is C20H19NO4. The summed E-state index contributed by atoms with van der Waals surface area (Å²) < 4.78 is 11.0. The largest absolute Gasteiger partial charge is 0.507 e. The van der Waals surface area contributed by atoms with Crippen molar-refractivity contribution in [2.24, 2.45) is 0 Å². The quantitative estimate of drug-likeness (QED) is 0.843. The lowest BCUT2D eigenvalue weighted by Crippen LogP contribution is -2.23. The van der Waals surface area contributed by atoms with Crippen LogP contribution >= 0.6 is 0 Å². The molecular weight excluding hydrogens is 318 g/mol. The van der Waals surface area contributed by atoms with E-state index in [0.29, 0.717) is 17.7 Å². The van der Waals surface area contributed by atoms with Gasteiger partial charge in [0.1, 0.15) is 22.7 Å². The molecule has 0 atom stereocenters. The van der Waals surface area contributed by atoms with Crippen LogP contribution < -0.4 is 4.74 Å². The van der Waals surface area contributed by atoms with Gasteiger partial charge in [-0.2, -0.15) is 5.26 Å². The Morgan fingerprint density at radius 3 is 2.68 bits per heavy atom. The minimum Gasteiger partial charge on any atom is -0.507 e. The second-order valence-electron chi connectivity index (χ2n) is 6.96. The zero-order chi connectivity index (χ0) is 18.2. The van der Waals surface area contributed by atoms with Crippen LogP contribution in [0.1, 0.15) is 42.3 Å². The Hall–Kier alpha value is -3.00. The van der Waals surface area contributed by atoms with Gasteiger partial charge < -0.3 is 14.6 Å². The van der Waals surface area contributed by atoms with Crippen molar-refractivity contribution in [3.05, 3.63) is 47.0 Å². The first-order chi connectivity index (χ1) is 11.8. The number of nitrogens with zero attached hydrogens (tertiary/aromatic N) is 1. The fourth-order valence-corrected chi connectivity index (χ4v) is 2.79. The SMILES string of the molecule is CC(C)(C)OC(=O)c1ccc(-c2cc(C#N)cc3c2OCC3)cc1O. The van der Waals surface area contributed by atoms with E-state index in [9.17, 15) is 15.2 Å². The Morgan fingerprint density at radius 2 is 2.04 bits per heavy atom. The summed E-state index contributed by atoms with van der Waals surface area (Å²) in [5, 5.41) is 19.5. The Bertz CT molecular complexity index is 888. The third kappa shape index (κ3) is 3.43. The molecule has 5 nitrogen and oxygen atoms in total. The summed E-state index contributed by atoms with van der Waals surface area (Å²) in [6.45, 7) is 5.87. The highest BCUT2D eigenvalue weighted by atomic mass is 16.6. The number of nitriles is 1. The van der Waals surface area contributed by atoms with Gasteiger partial charge >= 0.3 is 5.97 Å². The van der Waals surface area contributed by atoms with Crippen molar-refractivity contribution >= 4 is 5.97 Å².